The van der Waals surface area contributed by atoms with Crippen LogP contribution in [0.15, 0.2) is 61.2 Å². The molecule has 0 aliphatic carbocycles. The summed E-state index contributed by atoms with van der Waals surface area (Å²) in [6.45, 7) is 7.48. The lowest BCUT2D eigenvalue weighted by Crippen LogP contribution is -2.10. The number of carbonyl (C=O) groups is 1. The lowest BCUT2D eigenvalue weighted by molar-refractivity contribution is -0.111. The van der Waals surface area contributed by atoms with Crippen LogP contribution in [-0.4, -0.2) is 25.1 Å². The van der Waals surface area contributed by atoms with Crippen molar-refractivity contribution in [1.82, 2.24) is 4.98 Å². The number of nitrogens with zero attached hydrogens (tertiary/aromatic N) is 1. The number of halogens is 2. The molecule has 36 heavy (non-hydrogen) atoms. The van der Waals surface area contributed by atoms with Crippen molar-refractivity contribution in [2.75, 3.05) is 24.9 Å². The van der Waals surface area contributed by atoms with Gasteiger partial charge in [-0.1, -0.05) is 41.9 Å². The minimum Gasteiger partial charge on any atom is -0.495 e. The molecule has 8 heteroatoms. The van der Waals surface area contributed by atoms with Crippen LogP contribution < -0.4 is 20.1 Å². The summed E-state index contributed by atoms with van der Waals surface area (Å²) in [5.41, 5.74) is 5.63. The van der Waals surface area contributed by atoms with Crippen molar-refractivity contribution in [2.45, 2.75) is 13.8 Å². The van der Waals surface area contributed by atoms with Gasteiger partial charge in [0.15, 0.2) is 0 Å². The van der Waals surface area contributed by atoms with Gasteiger partial charge in [-0.3, -0.25) is 4.79 Å². The Kier molecular flexibility index (Phi) is 7.38. The van der Waals surface area contributed by atoms with Gasteiger partial charge in [-0.2, -0.15) is 0 Å². The molecule has 0 saturated carbocycles. The number of ether oxygens (including phenoxy) is 2. The van der Waals surface area contributed by atoms with E-state index >= 15 is 0 Å². The molecule has 3 aromatic carbocycles. The largest absolute Gasteiger partial charge is 0.495 e. The van der Waals surface area contributed by atoms with Crippen molar-refractivity contribution in [3.8, 4) is 22.6 Å². The van der Waals surface area contributed by atoms with Crippen LogP contribution in [0.25, 0.3) is 22.0 Å². The highest BCUT2D eigenvalue weighted by Crippen LogP contribution is 2.46. The van der Waals surface area contributed by atoms with E-state index in [1.807, 2.05) is 56.3 Å². The molecule has 1 amide bonds. The van der Waals surface area contributed by atoms with E-state index in [9.17, 15) is 4.79 Å². The molecule has 4 aromatic rings. The van der Waals surface area contributed by atoms with Crippen molar-refractivity contribution < 1.29 is 14.3 Å². The Bertz CT molecular complexity index is 1470. The zero-order chi connectivity index (χ0) is 26.0. The van der Waals surface area contributed by atoms with Crippen molar-refractivity contribution in [2.24, 2.45) is 0 Å². The highest BCUT2D eigenvalue weighted by atomic mass is 35.5. The van der Waals surface area contributed by atoms with Gasteiger partial charge < -0.3 is 20.1 Å². The molecule has 0 fully saturated rings. The van der Waals surface area contributed by atoms with Crippen LogP contribution in [0.5, 0.6) is 11.5 Å². The number of amides is 1. The first-order valence-corrected chi connectivity index (χ1v) is 11.8. The van der Waals surface area contributed by atoms with Crippen LogP contribution in [-0.2, 0) is 4.79 Å². The number of hydrogen-bond acceptors (Lipinski definition) is 5. The summed E-state index contributed by atoms with van der Waals surface area (Å²) in [5.74, 6) is 1.29. The average Bonchev–Trinajstić information content (AvgIpc) is 2.86. The van der Waals surface area contributed by atoms with Crippen LogP contribution in [0.3, 0.4) is 0 Å². The van der Waals surface area contributed by atoms with E-state index in [1.165, 1.54) is 6.08 Å². The Morgan fingerprint density at radius 2 is 1.67 bits per heavy atom. The lowest BCUT2D eigenvalue weighted by atomic mass is 10.0. The normalized spacial score (nSPS) is 10.7. The van der Waals surface area contributed by atoms with Crippen molar-refractivity contribution in [1.29, 1.82) is 0 Å². The Labute approximate surface area is 219 Å². The molecule has 1 heterocycles. The molecule has 0 spiro atoms. The van der Waals surface area contributed by atoms with Gasteiger partial charge in [-0.05, 0) is 66.9 Å². The van der Waals surface area contributed by atoms with E-state index in [0.29, 0.717) is 38.6 Å². The Hall–Kier alpha value is -3.74. The second-order valence-electron chi connectivity index (χ2n) is 8.21. The van der Waals surface area contributed by atoms with E-state index in [-0.39, 0.29) is 5.91 Å². The van der Waals surface area contributed by atoms with Crippen LogP contribution in [0.4, 0.5) is 17.2 Å². The summed E-state index contributed by atoms with van der Waals surface area (Å²) >= 11 is 13.2. The van der Waals surface area contributed by atoms with Crippen LogP contribution >= 0.6 is 23.2 Å². The standard InChI is InChI=1S/C28H25Cl2N3O3/c1-6-24(34)32-20-12-15(2)11-16(3)28(20)33-23-10-8-17-13-18(7-9-19(17)31-23)25-26(29)21(35-4)14-22(36-5)27(25)30/h6-14H,1H2,2-5H3,(H,31,33)(H,32,34). The maximum atomic E-state index is 12.0. The van der Waals surface area contributed by atoms with Crippen molar-refractivity contribution in [3.05, 3.63) is 82.4 Å². The van der Waals surface area contributed by atoms with E-state index < -0.39 is 0 Å². The number of carbonyl (C=O) groups excluding carboxylic acids is 1. The molecule has 184 valence electrons. The molecule has 1 aromatic heterocycles. The minimum atomic E-state index is -0.284. The zero-order valence-electron chi connectivity index (χ0n) is 20.3. The number of anilines is 3. The number of nitrogens with one attached hydrogen (secondary N) is 2. The van der Waals surface area contributed by atoms with Crippen molar-refractivity contribution >= 4 is 57.2 Å². The maximum absolute atomic E-state index is 12.0. The van der Waals surface area contributed by atoms with Gasteiger partial charge in [0, 0.05) is 17.0 Å². The predicted octanol–water partition coefficient (Wildman–Crippen LogP) is 7.71. The van der Waals surface area contributed by atoms with Crippen LogP contribution in [0, 0.1) is 13.8 Å². The van der Waals surface area contributed by atoms with E-state index in [4.69, 9.17) is 37.7 Å². The number of benzene rings is 3. The third-order valence-corrected chi connectivity index (χ3v) is 6.48. The monoisotopic (exact) mass is 521 g/mol. The number of fused-ring (bicyclic) bond motifs is 1. The molecule has 6 nitrogen and oxygen atoms in total. The zero-order valence-corrected chi connectivity index (χ0v) is 21.8. The number of aromatic nitrogens is 1. The summed E-state index contributed by atoms with van der Waals surface area (Å²) < 4.78 is 10.8. The molecular formula is C28H25Cl2N3O3. The number of rotatable bonds is 7. The minimum absolute atomic E-state index is 0.284. The quantitative estimate of drug-likeness (QED) is 0.243. The third-order valence-electron chi connectivity index (χ3n) is 5.73. The summed E-state index contributed by atoms with van der Waals surface area (Å²) in [4.78, 5) is 16.7. The van der Waals surface area contributed by atoms with E-state index in [1.54, 1.807) is 20.3 Å². The van der Waals surface area contributed by atoms with Gasteiger partial charge in [-0.25, -0.2) is 4.98 Å². The first-order chi connectivity index (χ1) is 17.2. The van der Waals surface area contributed by atoms with Gasteiger partial charge in [0.2, 0.25) is 5.91 Å². The summed E-state index contributed by atoms with van der Waals surface area (Å²) in [5, 5.41) is 7.91. The molecule has 4 rings (SSSR count). The van der Waals surface area contributed by atoms with Gasteiger partial charge in [0.05, 0.1) is 41.2 Å². The summed E-state index contributed by atoms with van der Waals surface area (Å²) in [6, 6.07) is 15.2. The topological polar surface area (TPSA) is 72.5 Å². The predicted molar refractivity (Wildman–Crippen MR) is 148 cm³/mol. The SMILES string of the molecule is C=CC(=O)Nc1cc(C)cc(C)c1Nc1ccc2cc(-c3c(Cl)c(OC)cc(OC)c3Cl)ccc2n1. The number of pyridine rings is 1. The molecular weight excluding hydrogens is 497 g/mol. The van der Waals surface area contributed by atoms with E-state index in [0.717, 1.165) is 33.3 Å². The second kappa shape index (κ2) is 10.5. The third kappa shape index (κ3) is 4.96. The molecule has 2 N–H and O–H groups in total. The maximum Gasteiger partial charge on any atom is 0.247 e. The first kappa shape index (κ1) is 25.4. The molecule has 0 aliphatic heterocycles. The molecule has 0 unspecified atom stereocenters. The second-order valence-corrected chi connectivity index (χ2v) is 8.97. The fourth-order valence-corrected chi connectivity index (χ4v) is 4.75. The molecule has 0 aliphatic rings. The Morgan fingerprint density at radius 3 is 2.31 bits per heavy atom. The van der Waals surface area contributed by atoms with Gasteiger partial charge in [0.25, 0.3) is 0 Å². The van der Waals surface area contributed by atoms with Crippen LogP contribution in [0.2, 0.25) is 10.0 Å². The van der Waals surface area contributed by atoms with Crippen LogP contribution in [0.1, 0.15) is 11.1 Å². The van der Waals surface area contributed by atoms with Crippen molar-refractivity contribution in [3.63, 3.8) is 0 Å². The van der Waals surface area contributed by atoms with Gasteiger partial charge in [-0.15, -0.1) is 0 Å². The van der Waals surface area contributed by atoms with Gasteiger partial charge >= 0.3 is 0 Å². The number of hydrogen-bond donors (Lipinski definition) is 2. The first-order valence-electron chi connectivity index (χ1n) is 11.1. The lowest BCUT2D eigenvalue weighted by Gasteiger charge is -2.17. The Balaban J connectivity index is 1.73. The summed E-state index contributed by atoms with van der Waals surface area (Å²) in [6.07, 6.45) is 1.24. The fraction of sp³-hybridized carbons (Fsp3) is 0.143. The average molecular weight is 522 g/mol. The molecule has 0 saturated heterocycles. The smallest absolute Gasteiger partial charge is 0.247 e. The highest BCUT2D eigenvalue weighted by molar-refractivity contribution is 6.41. The molecule has 0 atom stereocenters. The highest BCUT2D eigenvalue weighted by Gasteiger charge is 2.19. The number of aryl methyl sites for hydroxylation is 2. The number of methoxy groups -OCH3 is 2. The van der Waals surface area contributed by atoms with E-state index in [2.05, 4.69) is 17.2 Å². The Morgan fingerprint density at radius 1 is 0.972 bits per heavy atom. The molecule has 0 radical (unpaired) electrons. The summed E-state index contributed by atoms with van der Waals surface area (Å²) in [7, 11) is 3.09. The fourth-order valence-electron chi connectivity index (χ4n) is 4.03. The molecule has 0 bridgehead atoms. The van der Waals surface area contributed by atoms with Gasteiger partial charge in [0.1, 0.15) is 17.3 Å².